The molecule has 4 rings (SSSR count). The summed E-state index contributed by atoms with van der Waals surface area (Å²) in [5.74, 6) is 0.400. The van der Waals surface area contributed by atoms with Crippen molar-refractivity contribution >= 4 is 29.2 Å². The molecule has 6 nitrogen and oxygen atoms in total. The lowest BCUT2D eigenvalue weighted by atomic mass is 10.00. The predicted octanol–water partition coefficient (Wildman–Crippen LogP) is 4.01. The summed E-state index contributed by atoms with van der Waals surface area (Å²) >= 11 is 4.67. The number of nitrogens with one attached hydrogen (secondary N) is 2. The fourth-order valence-corrected chi connectivity index (χ4v) is 4.13. The highest BCUT2D eigenvalue weighted by molar-refractivity contribution is 7.90. The summed E-state index contributed by atoms with van der Waals surface area (Å²) in [5.41, 5.74) is 11.4. The van der Waals surface area contributed by atoms with Gasteiger partial charge in [-0.15, -0.1) is 12.6 Å². The van der Waals surface area contributed by atoms with Gasteiger partial charge in [0.25, 0.3) is 5.91 Å². The first-order chi connectivity index (χ1) is 15.0. The molecule has 0 bridgehead atoms. The SMILES string of the molecule is CCc1c(/C(S)=C/C(=N)C2CC2)cc(C(N)=O)nc1CNCc1ccnc(C2CC2)c1. The number of carbonyl (C=O) groups excluding carboxylic acids is 1. The van der Waals surface area contributed by atoms with Gasteiger partial charge in [0.1, 0.15) is 5.69 Å². The molecule has 7 heteroatoms. The highest BCUT2D eigenvalue weighted by Gasteiger charge is 2.26. The van der Waals surface area contributed by atoms with E-state index in [0.29, 0.717) is 35.5 Å². The lowest BCUT2D eigenvalue weighted by molar-refractivity contribution is 0.0995. The predicted molar refractivity (Wildman–Crippen MR) is 126 cm³/mol. The summed E-state index contributed by atoms with van der Waals surface area (Å²) in [6.45, 7) is 3.27. The highest BCUT2D eigenvalue weighted by Crippen LogP contribution is 2.39. The van der Waals surface area contributed by atoms with Crippen LogP contribution in [0.15, 0.2) is 30.5 Å². The quantitative estimate of drug-likeness (QED) is 0.334. The smallest absolute Gasteiger partial charge is 0.267 e. The summed E-state index contributed by atoms with van der Waals surface area (Å²) in [6, 6.07) is 5.90. The van der Waals surface area contributed by atoms with Crippen LogP contribution in [0.1, 0.15) is 77.1 Å². The standard InChI is InChI=1S/C24H29N5OS/c1-2-17-18(23(31)11-19(25)15-3-4-15)10-21(24(26)30)29-22(17)13-27-12-14-7-8-28-20(9-14)16-5-6-16/h7-11,15-16,25,27,31H,2-6,12-13H2,1H3,(H2,26,30)/b23-11-,25-19?. The molecule has 2 aliphatic carbocycles. The number of aromatic nitrogens is 2. The average molecular weight is 436 g/mol. The maximum Gasteiger partial charge on any atom is 0.267 e. The van der Waals surface area contributed by atoms with E-state index in [0.717, 1.165) is 36.1 Å². The normalized spacial score (nSPS) is 16.4. The fraction of sp³-hybridized carbons (Fsp3) is 0.417. The molecular weight excluding hydrogens is 406 g/mol. The zero-order valence-electron chi connectivity index (χ0n) is 17.8. The Morgan fingerprint density at radius 2 is 2.06 bits per heavy atom. The molecule has 2 saturated carbocycles. The van der Waals surface area contributed by atoms with Crippen LogP contribution in [0.2, 0.25) is 0 Å². The van der Waals surface area contributed by atoms with Gasteiger partial charge in [0.2, 0.25) is 0 Å². The third kappa shape index (κ3) is 5.40. The third-order valence-corrected chi connectivity index (χ3v) is 6.23. The fourth-order valence-electron chi connectivity index (χ4n) is 3.79. The van der Waals surface area contributed by atoms with Crippen LogP contribution < -0.4 is 11.1 Å². The van der Waals surface area contributed by atoms with Gasteiger partial charge in [0, 0.05) is 47.4 Å². The molecule has 2 aliphatic rings. The van der Waals surface area contributed by atoms with Crippen molar-refractivity contribution in [2.75, 3.05) is 0 Å². The second-order valence-electron chi connectivity index (χ2n) is 8.42. The van der Waals surface area contributed by atoms with Crippen LogP contribution in [0.5, 0.6) is 0 Å². The largest absolute Gasteiger partial charge is 0.364 e. The van der Waals surface area contributed by atoms with Gasteiger partial charge in [-0.3, -0.25) is 9.78 Å². The first-order valence-corrected chi connectivity index (χ1v) is 11.4. The van der Waals surface area contributed by atoms with Gasteiger partial charge in [-0.05, 0) is 73.1 Å². The second-order valence-corrected chi connectivity index (χ2v) is 8.91. The van der Waals surface area contributed by atoms with Crippen molar-refractivity contribution in [1.29, 1.82) is 5.41 Å². The second kappa shape index (κ2) is 9.32. The molecule has 2 aromatic rings. The number of carbonyl (C=O) groups is 1. The zero-order chi connectivity index (χ0) is 22.0. The van der Waals surface area contributed by atoms with Crippen molar-refractivity contribution in [2.45, 2.75) is 58.0 Å². The minimum Gasteiger partial charge on any atom is -0.364 e. The molecule has 4 N–H and O–H groups in total. The number of primary amides is 1. The first-order valence-electron chi connectivity index (χ1n) is 10.9. The van der Waals surface area contributed by atoms with Crippen LogP contribution >= 0.6 is 12.6 Å². The Balaban J connectivity index is 1.55. The van der Waals surface area contributed by atoms with Crippen molar-refractivity contribution in [3.63, 3.8) is 0 Å². The molecular formula is C24H29N5OS. The minimum absolute atomic E-state index is 0.224. The van der Waals surface area contributed by atoms with E-state index in [1.54, 1.807) is 12.1 Å². The molecule has 0 aromatic carbocycles. The van der Waals surface area contributed by atoms with Gasteiger partial charge >= 0.3 is 0 Å². The monoisotopic (exact) mass is 435 g/mol. The van der Waals surface area contributed by atoms with Gasteiger partial charge in [-0.2, -0.15) is 0 Å². The molecule has 0 radical (unpaired) electrons. The molecule has 2 fully saturated rings. The molecule has 0 saturated heterocycles. The zero-order valence-corrected chi connectivity index (χ0v) is 18.7. The van der Waals surface area contributed by atoms with Crippen LogP contribution in [0.25, 0.3) is 4.91 Å². The number of pyridine rings is 2. The lowest BCUT2D eigenvalue weighted by Gasteiger charge is -2.16. The van der Waals surface area contributed by atoms with E-state index in [1.807, 2.05) is 12.3 Å². The third-order valence-electron chi connectivity index (χ3n) is 5.86. The van der Waals surface area contributed by atoms with Crippen molar-refractivity contribution in [1.82, 2.24) is 15.3 Å². The van der Waals surface area contributed by atoms with E-state index in [-0.39, 0.29) is 5.69 Å². The van der Waals surface area contributed by atoms with Crippen molar-refractivity contribution < 1.29 is 4.79 Å². The van der Waals surface area contributed by atoms with Crippen LogP contribution in [-0.4, -0.2) is 21.6 Å². The van der Waals surface area contributed by atoms with Gasteiger partial charge in [0.05, 0.1) is 5.69 Å². The van der Waals surface area contributed by atoms with Crippen LogP contribution in [-0.2, 0) is 19.5 Å². The number of hydrogen-bond acceptors (Lipinski definition) is 6. The summed E-state index contributed by atoms with van der Waals surface area (Å²) in [6.07, 6.45) is 9.00. The number of nitrogens with two attached hydrogens (primary N) is 1. The molecule has 162 valence electrons. The topological polar surface area (TPSA) is 105 Å². The van der Waals surface area contributed by atoms with E-state index in [2.05, 4.69) is 40.9 Å². The molecule has 0 unspecified atom stereocenters. The van der Waals surface area contributed by atoms with E-state index in [1.165, 1.54) is 24.1 Å². The average Bonchev–Trinajstić information content (AvgIpc) is 3.65. The molecule has 31 heavy (non-hydrogen) atoms. The van der Waals surface area contributed by atoms with Crippen molar-refractivity contribution in [3.05, 3.63) is 64.2 Å². The maximum atomic E-state index is 11.9. The summed E-state index contributed by atoms with van der Waals surface area (Å²) in [4.78, 5) is 21.6. The van der Waals surface area contributed by atoms with Gasteiger partial charge < -0.3 is 16.5 Å². The van der Waals surface area contributed by atoms with E-state index < -0.39 is 5.91 Å². The Morgan fingerprint density at radius 1 is 1.29 bits per heavy atom. The molecule has 0 spiro atoms. The minimum atomic E-state index is -0.563. The van der Waals surface area contributed by atoms with Crippen LogP contribution in [0.4, 0.5) is 0 Å². The Morgan fingerprint density at radius 3 is 2.71 bits per heavy atom. The maximum absolute atomic E-state index is 11.9. The highest BCUT2D eigenvalue weighted by atomic mass is 32.1. The van der Waals surface area contributed by atoms with E-state index in [9.17, 15) is 4.79 Å². The molecule has 1 amide bonds. The molecule has 2 heterocycles. The van der Waals surface area contributed by atoms with Crippen molar-refractivity contribution in [3.8, 4) is 0 Å². The van der Waals surface area contributed by atoms with Gasteiger partial charge in [-0.1, -0.05) is 6.92 Å². The molecule has 0 aliphatic heterocycles. The number of amides is 1. The number of nitrogens with zero attached hydrogens (tertiary/aromatic N) is 2. The van der Waals surface area contributed by atoms with Crippen molar-refractivity contribution in [2.24, 2.45) is 11.7 Å². The molecule has 2 aromatic heterocycles. The number of rotatable bonds is 10. The van der Waals surface area contributed by atoms with E-state index >= 15 is 0 Å². The van der Waals surface area contributed by atoms with Gasteiger partial charge in [-0.25, -0.2) is 4.98 Å². The summed E-state index contributed by atoms with van der Waals surface area (Å²) in [7, 11) is 0. The summed E-state index contributed by atoms with van der Waals surface area (Å²) in [5, 5.41) is 11.7. The Labute approximate surface area is 188 Å². The Kier molecular flexibility index (Phi) is 6.53. The van der Waals surface area contributed by atoms with E-state index in [4.69, 9.17) is 11.1 Å². The van der Waals surface area contributed by atoms with Crippen LogP contribution in [0.3, 0.4) is 0 Å². The summed E-state index contributed by atoms with van der Waals surface area (Å²) < 4.78 is 0. The number of allylic oxidation sites excluding steroid dienone is 1. The number of hydrogen-bond donors (Lipinski definition) is 4. The number of thiol groups is 1. The Bertz CT molecular complexity index is 1040. The first kappa shape index (κ1) is 21.7. The van der Waals surface area contributed by atoms with Gasteiger partial charge in [0.15, 0.2) is 0 Å². The van der Waals surface area contributed by atoms with Crippen LogP contribution in [0, 0.1) is 11.3 Å². The Hall–Kier alpha value is -2.51. The lowest BCUT2D eigenvalue weighted by Crippen LogP contribution is -2.20. The molecule has 0 atom stereocenters.